The highest BCUT2D eigenvalue weighted by molar-refractivity contribution is 6.14. The summed E-state index contributed by atoms with van der Waals surface area (Å²) < 4.78 is 2.41. The molecule has 60 heavy (non-hydrogen) atoms. The molecule has 3 heterocycles. The Morgan fingerprint density at radius 1 is 0.383 bits per heavy atom. The molecule has 0 fully saturated rings. The van der Waals surface area contributed by atoms with Gasteiger partial charge in [-0.3, -0.25) is 4.90 Å². The number of rotatable bonds is 5. The zero-order chi connectivity index (χ0) is 39.6. The lowest BCUT2D eigenvalue weighted by atomic mass is 9.96. The standard InChI is InChI=1S/C56H36N4/c1-2-17-43(18-3-1)59-53-27-11-8-20-47(53)48-24-13-23-46(55(48)59)41-34-35-52-42(36-41)33-30-39-15-5-10-26-51(39)60(52)56-57-50-25-9-7-21-49(50)54(58-56)40-31-28-38(29-32-40)45-22-12-16-37-14-4-6-19-44(37)45/h1-36H. The molecule has 9 aromatic carbocycles. The molecule has 12 rings (SSSR count). The van der Waals surface area contributed by atoms with Crippen LogP contribution in [0.2, 0.25) is 0 Å². The molecule has 4 nitrogen and oxygen atoms in total. The summed E-state index contributed by atoms with van der Waals surface area (Å²) in [4.78, 5) is 13.0. The molecule has 0 bridgehead atoms. The van der Waals surface area contributed by atoms with Crippen LogP contribution in [0.4, 0.5) is 17.3 Å². The van der Waals surface area contributed by atoms with Gasteiger partial charge in [0.05, 0.1) is 33.6 Å². The lowest BCUT2D eigenvalue weighted by Crippen LogP contribution is -2.15. The summed E-state index contributed by atoms with van der Waals surface area (Å²) in [5.41, 5.74) is 15.3. The van der Waals surface area contributed by atoms with E-state index in [0.29, 0.717) is 5.95 Å². The first-order valence-electron chi connectivity index (χ1n) is 20.4. The van der Waals surface area contributed by atoms with E-state index < -0.39 is 0 Å². The zero-order valence-corrected chi connectivity index (χ0v) is 32.6. The van der Waals surface area contributed by atoms with Gasteiger partial charge in [0.15, 0.2) is 0 Å². The molecule has 0 spiro atoms. The van der Waals surface area contributed by atoms with Crippen molar-refractivity contribution >= 4 is 73.0 Å². The van der Waals surface area contributed by atoms with Crippen molar-refractivity contribution in [2.75, 3.05) is 4.90 Å². The quantitative estimate of drug-likeness (QED) is 0.175. The van der Waals surface area contributed by atoms with Crippen LogP contribution in [0, 0.1) is 0 Å². The predicted octanol–water partition coefficient (Wildman–Crippen LogP) is 14.8. The molecule has 0 aliphatic carbocycles. The van der Waals surface area contributed by atoms with Crippen molar-refractivity contribution in [3.05, 3.63) is 217 Å². The van der Waals surface area contributed by atoms with Crippen LogP contribution in [-0.2, 0) is 0 Å². The Labute approximate surface area is 347 Å². The summed E-state index contributed by atoms with van der Waals surface area (Å²) >= 11 is 0. The van der Waals surface area contributed by atoms with E-state index in [-0.39, 0.29) is 0 Å². The minimum absolute atomic E-state index is 0.623. The number of anilines is 3. The van der Waals surface area contributed by atoms with E-state index in [9.17, 15) is 0 Å². The molecule has 2 aromatic heterocycles. The van der Waals surface area contributed by atoms with Crippen molar-refractivity contribution in [2.24, 2.45) is 0 Å². The molecule has 0 saturated heterocycles. The van der Waals surface area contributed by atoms with Crippen LogP contribution in [0.1, 0.15) is 11.1 Å². The molecule has 0 amide bonds. The second-order valence-corrected chi connectivity index (χ2v) is 15.4. The van der Waals surface area contributed by atoms with Gasteiger partial charge in [-0.25, -0.2) is 9.97 Å². The Bertz CT molecular complexity index is 3480. The summed E-state index contributed by atoms with van der Waals surface area (Å²) in [5.74, 6) is 0.623. The van der Waals surface area contributed by atoms with Gasteiger partial charge < -0.3 is 4.57 Å². The van der Waals surface area contributed by atoms with Crippen molar-refractivity contribution in [1.29, 1.82) is 0 Å². The number of nitrogens with zero attached hydrogens (tertiary/aromatic N) is 4. The molecule has 0 atom stereocenters. The van der Waals surface area contributed by atoms with E-state index in [1.54, 1.807) is 0 Å². The van der Waals surface area contributed by atoms with Crippen LogP contribution in [0.25, 0.3) is 94.8 Å². The fourth-order valence-electron chi connectivity index (χ4n) is 9.18. The van der Waals surface area contributed by atoms with Crippen LogP contribution in [0.15, 0.2) is 206 Å². The van der Waals surface area contributed by atoms with Crippen molar-refractivity contribution in [1.82, 2.24) is 14.5 Å². The molecule has 11 aromatic rings. The Morgan fingerprint density at radius 2 is 1.02 bits per heavy atom. The number of hydrogen-bond donors (Lipinski definition) is 0. The van der Waals surface area contributed by atoms with Gasteiger partial charge in [-0.15, -0.1) is 0 Å². The van der Waals surface area contributed by atoms with Gasteiger partial charge in [-0.05, 0) is 81.1 Å². The third-order valence-electron chi connectivity index (χ3n) is 12.0. The minimum atomic E-state index is 0.623. The van der Waals surface area contributed by atoms with Crippen LogP contribution in [-0.4, -0.2) is 14.5 Å². The van der Waals surface area contributed by atoms with Gasteiger partial charge >= 0.3 is 0 Å². The van der Waals surface area contributed by atoms with E-state index >= 15 is 0 Å². The monoisotopic (exact) mass is 764 g/mol. The zero-order valence-electron chi connectivity index (χ0n) is 32.6. The molecule has 0 N–H and O–H groups in total. The highest BCUT2D eigenvalue weighted by Crippen LogP contribution is 2.45. The third-order valence-corrected chi connectivity index (χ3v) is 12.0. The van der Waals surface area contributed by atoms with E-state index in [1.807, 2.05) is 0 Å². The number of aromatic nitrogens is 3. The second kappa shape index (κ2) is 13.8. The number of para-hydroxylation sites is 5. The fraction of sp³-hybridized carbons (Fsp3) is 0. The minimum Gasteiger partial charge on any atom is -0.309 e. The molecule has 0 radical (unpaired) electrons. The highest BCUT2D eigenvalue weighted by Gasteiger charge is 2.25. The molecule has 1 aliphatic heterocycles. The van der Waals surface area contributed by atoms with Gasteiger partial charge in [-0.1, -0.05) is 176 Å². The smallest absolute Gasteiger partial charge is 0.235 e. The van der Waals surface area contributed by atoms with Crippen LogP contribution in [0.5, 0.6) is 0 Å². The van der Waals surface area contributed by atoms with Gasteiger partial charge in [0, 0.05) is 33.0 Å². The van der Waals surface area contributed by atoms with Crippen molar-refractivity contribution < 1.29 is 0 Å². The van der Waals surface area contributed by atoms with E-state index in [1.165, 1.54) is 49.3 Å². The van der Waals surface area contributed by atoms with Gasteiger partial charge in [0.2, 0.25) is 5.95 Å². The Hall–Kier alpha value is -8.08. The molecular weight excluding hydrogens is 729 g/mol. The Morgan fingerprint density at radius 3 is 1.92 bits per heavy atom. The summed E-state index contributed by atoms with van der Waals surface area (Å²) in [6, 6.07) is 73.6. The lowest BCUT2D eigenvalue weighted by Gasteiger charge is -2.26. The molecule has 280 valence electrons. The average Bonchev–Trinajstić information content (AvgIpc) is 3.56. The molecular formula is C56H36N4. The Balaban J connectivity index is 1.02. The summed E-state index contributed by atoms with van der Waals surface area (Å²) in [5, 5.41) is 5.96. The first kappa shape index (κ1) is 34.0. The maximum absolute atomic E-state index is 5.46. The molecule has 1 aliphatic rings. The fourth-order valence-corrected chi connectivity index (χ4v) is 9.18. The van der Waals surface area contributed by atoms with E-state index in [2.05, 4.69) is 228 Å². The summed E-state index contributed by atoms with van der Waals surface area (Å²) in [7, 11) is 0. The number of benzene rings is 9. The van der Waals surface area contributed by atoms with Crippen LogP contribution in [0.3, 0.4) is 0 Å². The van der Waals surface area contributed by atoms with E-state index in [4.69, 9.17) is 9.97 Å². The maximum Gasteiger partial charge on any atom is 0.235 e. The largest absolute Gasteiger partial charge is 0.309 e. The predicted molar refractivity (Wildman–Crippen MR) is 251 cm³/mol. The molecule has 0 unspecified atom stereocenters. The topological polar surface area (TPSA) is 34.0 Å². The Kier molecular flexibility index (Phi) is 7.82. The molecule has 4 heteroatoms. The highest BCUT2D eigenvalue weighted by atomic mass is 15.3. The van der Waals surface area contributed by atoms with Crippen molar-refractivity contribution in [3.63, 3.8) is 0 Å². The SMILES string of the molecule is C1=Cc2cc(-c3cccc4c5ccccc5n(-c5ccccc5)c34)ccc2N(c2nc(-c3ccc(-c4cccc5ccccc45)cc3)c3ccccc3n2)c2ccccc21. The lowest BCUT2D eigenvalue weighted by molar-refractivity contribution is 1.11. The second-order valence-electron chi connectivity index (χ2n) is 15.4. The molecule has 0 saturated carbocycles. The first-order valence-corrected chi connectivity index (χ1v) is 20.4. The summed E-state index contributed by atoms with van der Waals surface area (Å²) in [6.07, 6.45) is 4.45. The number of fused-ring (bicyclic) bond motifs is 7. The van der Waals surface area contributed by atoms with Gasteiger partial charge in [0.25, 0.3) is 0 Å². The van der Waals surface area contributed by atoms with Crippen LogP contribution < -0.4 is 4.90 Å². The van der Waals surface area contributed by atoms with E-state index in [0.717, 1.165) is 55.9 Å². The summed E-state index contributed by atoms with van der Waals surface area (Å²) in [6.45, 7) is 0. The van der Waals surface area contributed by atoms with Gasteiger partial charge in [-0.2, -0.15) is 0 Å². The average molecular weight is 765 g/mol. The van der Waals surface area contributed by atoms with Crippen LogP contribution >= 0.6 is 0 Å². The first-order chi connectivity index (χ1) is 29.8. The van der Waals surface area contributed by atoms with Crippen molar-refractivity contribution in [3.8, 4) is 39.2 Å². The van der Waals surface area contributed by atoms with Gasteiger partial charge in [0.1, 0.15) is 0 Å². The number of hydrogen-bond acceptors (Lipinski definition) is 3. The maximum atomic E-state index is 5.46. The third kappa shape index (κ3) is 5.46. The van der Waals surface area contributed by atoms with Crippen molar-refractivity contribution in [2.45, 2.75) is 0 Å². The normalized spacial score (nSPS) is 12.2.